The average molecular weight is 233 g/mol. The lowest BCUT2D eigenvalue weighted by atomic mass is 10.1. The predicted molar refractivity (Wildman–Crippen MR) is 65.4 cm³/mol. The number of benzene rings is 1. The number of phenolic OH excluding ortho intramolecular Hbond substituents is 1. The molecule has 1 aliphatic rings. The number of hydrogen-bond acceptors (Lipinski definition) is 3. The molecule has 1 unspecified atom stereocenters. The SMILES string of the molecule is O=c1[nH]c2c(O)cccc2n1C1CCCNC1. The summed E-state index contributed by atoms with van der Waals surface area (Å²) in [7, 11) is 0. The van der Waals surface area contributed by atoms with Crippen molar-refractivity contribution in [1.29, 1.82) is 0 Å². The highest BCUT2D eigenvalue weighted by atomic mass is 16.3. The molecule has 3 rings (SSSR count). The number of phenols is 1. The molecule has 1 saturated heterocycles. The van der Waals surface area contributed by atoms with Gasteiger partial charge in [-0.15, -0.1) is 0 Å². The number of nitrogens with zero attached hydrogens (tertiary/aromatic N) is 1. The molecule has 1 atom stereocenters. The van der Waals surface area contributed by atoms with Crippen molar-refractivity contribution in [3.05, 3.63) is 28.7 Å². The smallest absolute Gasteiger partial charge is 0.326 e. The van der Waals surface area contributed by atoms with Crippen molar-refractivity contribution in [2.45, 2.75) is 18.9 Å². The maximum atomic E-state index is 12.0. The van der Waals surface area contributed by atoms with Crippen LogP contribution in [0.25, 0.3) is 11.0 Å². The summed E-state index contributed by atoms with van der Waals surface area (Å²) in [5.74, 6) is 0.127. The fraction of sp³-hybridized carbons (Fsp3) is 0.417. The van der Waals surface area contributed by atoms with Gasteiger partial charge in [0, 0.05) is 6.54 Å². The molecule has 1 aromatic heterocycles. The zero-order valence-corrected chi connectivity index (χ0v) is 9.44. The van der Waals surface area contributed by atoms with Crippen molar-refractivity contribution in [2.75, 3.05) is 13.1 Å². The number of imidazole rings is 1. The van der Waals surface area contributed by atoms with Gasteiger partial charge in [-0.1, -0.05) is 6.07 Å². The maximum absolute atomic E-state index is 12.0. The van der Waals surface area contributed by atoms with Gasteiger partial charge >= 0.3 is 5.69 Å². The van der Waals surface area contributed by atoms with Gasteiger partial charge in [0.05, 0.1) is 11.6 Å². The Bertz CT molecular complexity index is 593. The van der Waals surface area contributed by atoms with E-state index in [9.17, 15) is 9.90 Å². The molecule has 0 spiro atoms. The molecule has 1 aliphatic heterocycles. The third kappa shape index (κ3) is 1.63. The maximum Gasteiger partial charge on any atom is 0.326 e. The Balaban J connectivity index is 2.18. The van der Waals surface area contributed by atoms with Crippen LogP contribution in [0, 0.1) is 0 Å². The first-order chi connectivity index (χ1) is 8.27. The summed E-state index contributed by atoms with van der Waals surface area (Å²) in [5.41, 5.74) is 1.17. The van der Waals surface area contributed by atoms with Gasteiger partial charge in [-0.3, -0.25) is 4.57 Å². The van der Waals surface area contributed by atoms with Crippen LogP contribution >= 0.6 is 0 Å². The van der Waals surface area contributed by atoms with Gasteiger partial charge in [0.1, 0.15) is 11.3 Å². The summed E-state index contributed by atoms with van der Waals surface area (Å²) in [5, 5.41) is 13.0. The van der Waals surface area contributed by atoms with E-state index in [1.54, 1.807) is 16.7 Å². The number of rotatable bonds is 1. The molecule has 0 aliphatic carbocycles. The van der Waals surface area contributed by atoms with Crippen LogP contribution in [0.15, 0.2) is 23.0 Å². The highest BCUT2D eigenvalue weighted by molar-refractivity contribution is 5.81. The second-order valence-electron chi connectivity index (χ2n) is 4.47. The van der Waals surface area contributed by atoms with Crippen LogP contribution in [-0.2, 0) is 0 Å². The Morgan fingerprint density at radius 1 is 1.41 bits per heavy atom. The monoisotopic (exact) mass is 233 g/mol. The van der Waals surface area contributed by atoms with Crippen molar-refractivity contribution in [3.63, 3.8) is 0 Å². The number of piperidine rings is 1. The van der Waals surface area contributed by atoms with E-state index in [1.165, 1.54) is 0 Å². The molecule has 0 saturated carbocycles. The Hall–Kier alpha value is -1.75. The van der Waals surface area contributed by atoms with Crippen molar-refractivity contribution < 1.29 is 5.11 Å². The van der Waals surface area contributed by atoms with E-state index in [1.807, 2.05) is 6.07 Å². The average Bonchev–Trinajstić information content (AvgIpc) is 2.68. The summed E-state index contributed by atoms with van der Waals surface area (Å²) >= 11 is 0. The summed E-state index contributed by atoms with van der Waals surface area (Å²) < 4.78 is 1.75. The summed E-state index contributed by atoms with van der Waals surface area (Å²) in [4.78, 5) is 14.7. The van der Waals surface area contributed by atoms with Crippen LogP contribution in [0.3, 0.4) is 0 Å². The molecule has 90 valence electrons. The topological polar surface area (TPSA) is 70.0 Å². The van der Waals surface area contributed by atoms with E-state index < -0.39 is 0 Å². The van der Waals surface area contributed by atoms with Crippen molar-refractivity contribution in [2.24, 2.45) is 0 Å². The van der Waals surface area contributed by atoms with Gasteiger partial charge in [0.15, 0.2) is 0 Å². The molecule has 1 aromatic carbocycles. The normalized spacial score (nSPS) is 20.8. The fourth-order valence-electron chi connectivity index (χ4n) is 2.55. The Morgan fingerprint density at radius 3 is 3.06 bits per heavy atom. The Labute approximate surface area is 98.1 Å². The van der Waals surface area contributed by atoms with E-state index in [-0.39, 0.29) is 17.5 Å². The minimum Gasteiger partial charge on any atom is -0.506 e. The lowest BCUT2D eigenvalue weighted by molar-refractivity contribution is 0.372. The predicted octanol–water partition coefficient (Wildman–Crippen LogP) is 0.960. The van der Waals surface area contributed by atoms with Gasteiger partial charge in [0.2, 0.25) is 0 Å². The number of aromatic hydroxyl groups is 1. The van der Waals surface area contributed by atoms with Crippen LogP contribution in [0.2, 0.25) is 0 Å². The number of hydrogen-bond donors (Lipinski definition) is 3. The molecule has 2 heterocycles. The van der Waals surface area contributed by atoms with Crippen LogP contribution in [0.4, 0.5) is 0 Å². The summed E-state index contributed by atoms with van der Waals surface area (Å²) in [6.07, 6.45) is 2.07. The molecule has 5 nitrogen and oxygen atoms in total. The van der Waals surface area contributed by atoms with Gasteiger partial charge in [-0.25, -0.2) is 4.79 Å². The van der Waals surface area contributed by atoms with Crippen LogP contribution in [-0.4, -0.2) is 27.7 Å². The fourth-order valence-corrected chi connectivity index (χ4v) is 2.55. The van der Waals surface area contributed by atoms with Gasteiger partial charge in [0.25, 0.3) is 0 Å². The molecule has 3 N–H and O–H groups in total. The summed E-state index contributed by atoms with van der Waals surface area (Å²) in [6.45, 7) is 1.82. The molecule has 0 radical (unpaired) electrons. The minimum absolute atomic E-state index is 0.127. The number of nitrogens with one attached hydrogen (secondary N) is 2. The van der Waals surface area contributed by atoms with E-state index in [4.69, 9.17) is 0 Å². The molecule has 0 amide bonds. The minimum atomic E-state index is -0.143. The number of para-hydroxylation sites is 1. The van der Waals surface area contributed by atoms with Gasteiger partial charge < -0.3 is 15.4 Å². The van der Waals surface area contributed by atoms with Crippen LogP contribution < -0.4 is 11.0 Å². The quantitative estimate of drug-likeness (QED) is 0.687. The van der Waals surface area contributed by atoms with Crippen molar-refractivity contribution in [1.82, 2.24) is 14.9 Å². The summed E-state index contributed by atoms with van der Waals surface area (Å²) in [6, 6.07) is 5.38. The first-order valence-corrected chi connectivity index (χ1v) is 5.90. The molecule has 1 fully saturated rings. The molecule has 17 heavy (non-hydrogen) atoms. The second-order valence-corrected chi connectivity index (χ2v) is 4.47. The Morgan fingerprint density at radius 2 is 2.29 bits per heavy atom. The van der Waals surface area contributed by atoms with Crippen molar-refractivity contribution >= 4 is 11.0 Å². The largest absolute Gasteiger partial charge is 0.506 e. The first kappa shape index (κ1) is 10.4. The molecule has 0 bridgehead atoms. The third-order valence-corrected chi connectivity index (χ3v) is 3.37. The highest BCUT2D eigenvalue weighted by Gasteiger charge is 2.20. The molecule has 2 aromatic rings. The van der Waals surface area contributed by atoms with Crippen LogP contribution in [0.5, 0.6) is 5.75 Å². The Kier molecular flexibility index (Phi) is 2.40. The van der Waals surface area contributed by atoms with E-state index in [0.29, 0.717) is 5.52 Å². The van der Waals surface area contributed by atoms with E-state index in [0.717, 1.165) is 31.4 Å². The lowest BCUT2D eigenvalue weighted by Gasteiger charge is -2.23. The third-order valence-electron chi connectivity index (χ3n) is 3.37. The molecular weight excluding hydrogens is 218 g/mol. The molecular formula is C12H15N3O2. The highest BCUT2D eigenvalue weighted by Crippen LogP contribution is 2.25. The molecule has 5 heteroatoms. The number of fused-ring (bicyclic) bond motifs is 1. The first-order valence-electron chi connectivity index (χ1n) is 5.90. The van der Waals surface area contributed by atoms with Crippen LogP contribution in [0.1, 0.15) is 18.9 Å². The standard InChI is InChI=1S/C12H15N3O2/c16-10-5-1-4-9-11(10)14-12(17)15(9)8-3-2-6-13-7-8/h1,4-5,8,13,16H,2-3,6-7H2,(H,14,17). The zero-order valence-electron chi connectivity index (χ0n) is 9.44. The van der Waals surface area contributed by atoms with E-state index in [2.05, 4.69) is 10.3 Å². The second kappa shape index (κ2) is 3.92. The van der Waals surface area contributed by atoms with Crippen molar-refractivity contribution in [3.8, 4) is 5.75 Å². The van der Waals surface area contributed by atoms with E-state index >= 15 is 0 Å². The lowest BCUT2D eigenvalue weighted by Crippen LogP contribution is -2.35. The number of aromatic amines is 1. The zero-order chi connectivity index (χ0) is 11.8. The van der Waals surface area contributed by atoms with Gasteiger partial charge in [-0.05, 0) is 31.5 Å². The van der Waals surface area contributed by atoms with Gasteiger partial charge in [-0.2, -0.15) is 0 Å². The number of aromatic nitrogens is 2. The number of H-pyrrole nitrogens is 1.